The van der Waals surface area contributed by atoms with E-state index < -0.39 is 0 Å². The van der Waals surface area contributed by atoms with Crippen LogP contribution in [0.1, 0.15) is 32.2 Å². The van der Waals surface area contributed by atoms with Crippen molar-refractivity contribution in [1.82, 2.24) is 4.98 Å². The number of nitrogens with zero attached hydrogens (tertiary/aromatic N) is 1. The Morgan fingerprint density at radius 2 is 2.07 bits per heavy atom. The molecule has 0 saturated carbocycles. The van der Waals surface area contributed by atoms with Crippen LogP contribution in [0.15, 0.2) is 18.2 Å². The second kappa shape index (κ2) is 4.26. The fourth-order valence-electron chi connectivity index (χ4n) is 0.914. The molecule has 74 valence electrons. The van der Waals surface area contributed by atoms with Gasteiger partial charge in [-0.3, -0.25) is 0 Å². The molecule has 0 aliphatic carbocycles. The van der Waals surface area contributed by atoms with E-state index in [0.29, 0.717) is 6.54 Å². The molecule has 0 aliphatic heterocycles. The Morgan fingerprint density at radius 1 is 1.36 bits per heavy atom. The summed E-state index contributed by atoms with van der Waals surface area (Å²) in [5.74, 6) is 6.18. The van der Waals surface area contributed by atoms with Gasteiger partial charge in [-0.05, 0) is 38.8 Å². The third-order valence-electron chi connectivity index (χ3n) is 1.58. The molecule has 0 saturated heterocycles. The third kappa shape index (κ3) is 3.59. The molecular formula is C12H16N2. The minimum absolute atomic E-state index is 0.0143. The Labute approximate surface area is 85.5 Å². The Morgan fingerprint density at radius 3 is 2.64 bits per heavy atom. The Bertz CT molecular complexity index is 364. The predicted molar refractivity (Wildman–Crippen MR) is 58.5 cm³/mol. The fraction of sp³-hybridized carbons (Fsp3) is 0.417. The van der Waals surface area contributed by atoms with Gasteiger partial charge in [0.1, 0.15) is 5.69 Å². The molecule has 1 rings (SSSR count). The molecule has 0 atom stereocenters. The standard InChI is InChI=1S/C12H16N2/c1-12(2,3)8-7-10-5-4-6-11(9-13)14-10/h4-6H,9,13H2,1-3H3. The van der Waals surface area contributed by atoms with E-state index in [0.717, 1.165) is 11.4 Å². The molecule has 1 heterocycles. The van der Waals surface area contributed by atoms with E-state index in [4.69, 9.17) is 5.73 Å². The summed E-state index contributed by atoms with van der Waals surface area (Å²) < 4.78 is 0. The van der Waals surface area contributed by atoms with Crippen LogP contribution in [-0.2, 0) is 6.54 Å². The van der Waals surface area contributed by atoms with Crippen LogP contribution in [0.4, 0.5) is 0 Å². The summed E-state index contributed by atoms with van der Waals surface area (Å²) in [5.41, 5.74) is 7.18. The molecule has 2 nitrogen and oxygen atoms in total. The van der Waals surface area contributed by atoms with Crippen molar-refractivity contribution in [2.75, 3.05) is 0 Å². The van der Waals surface area contributed by atoms with Gasteiger partial charge in [0.2, 0.25) is 0 Å². The number of pyridine rings is 1. The van der Waals surface area contributed by atoms with Crippen molar-refractivity contribution in [3.63, 3.8) is 0 Å². The van der Waals surface area contributed by atoms with Crippen LogP contribution >= 0.6 is 0 Å². The highest BCUT2D eigenvalue weighted by Crippen LogP contribution is 2.10. The Kier molecular flexibility index (Phi) is 3.27. The minimum Gasteiger partial charge on any atom is -0.325 e. The van der Waals surface area contributed by atoms with Crippen molar-refractivity contribution >= 4 is 0 Å². The van der Waals surface area contributed by atoms with Gasteiger partial charge in [0.15, 0.2) is 0 Å². The lowest BCUT2D eigenvalue weighted by atomic mass is 9.98. The van der Waals surface area contributed by atoms with Crippen LogP contribution in [0.25, 0.3) is 0 Å². The SMILES string of the molecule is CC(C)(C)C#Cc1cccc(CN)n1. The van der Waals surface area contributed by atoms with E-state index in [1.165, 1.54) is 0 Å². The Hall–Kier alpha value is -1.33. The van der Waals surface area contributed by atoms with Crippen LogP contribution in [0.3, 0.4) is 0 Å². The summed E-state index contributed by atoms with van der Waals surface area (Å²) in [7, 11) is 0. The van der Waals surface area contributed by atoms with Crippen molar-refractivity contribution in [2.24, 2.45) is 11.1 Å². The first-order valence-corrected chi connectivity index (χ1v) is 4.70. The maximum atomic E-state index is 5.49. The maximum absolute atomic E-state index is 5.49. The quantitative estimate of drug-likeness (QED) is 0.684. The number of aromatic nitrogens is 1. The van der Waals surface area contributed by atoms with E-state index in [1.807, 2.05) is 18.2 Å². The highest BCUT2D eigenvalue weighted by atomic mass is 14.7. The zero-order valence-corrected chi connectivity index (χ0v) is 8.96. The zero-order valence-electron chi connectivity index (χ0n) is 8.96. The first kappa shape index (κ1) is 10.7. The third-order valence-corrected chi connectivity index (χ3v) is 1.58. The molecule has 0 bridgehead atoms. The van der Waals surface area contributed by atoms with E-state index in [2.05, 4.69) is 37.6 Å². The highest BCUT2D eigenvalue weighted by Gasteiger charge is 2.03. The molecule has 0 aliphatic rings. The molecule has 2 N–H and O–H groups in total. The summed E-state index contributed by atoms with van der Waals surface area (Å²) in [4.78, 5) is 4.30. The van der Waals surface area contributed by atoms with Crippen LogP contribution in [0.2, 0.25) is 0 Å². The lowest BCUT2D eigenvalue weighted by Crippen LogP contribution is -2.02. The van der Waals surface area contributed by atoms with Crippen LogP contribution in [-0.4, -0.2) is 4.98 Å². The molecule has 1 aromatic heterocycles. The fourth-order valence-corrected chi connectivity index (χ4v) is 0.914. The first-order chi connectivity index (χ1) is 6.51. The molecule has 14 heavy (non-hydrogen) atoms. The molecule has 0 radical (unpaired) electrons. The van der Waals surface area contributed by atoms with Gasteiger partial charge in [0.05, 0.1) is 5.69 Å². The van der Waals surface area contributed by atoms with Gasteiger partial charge < -0.3 is 5.73 Å². The van der Waals surface area contributed by atoms with Gasteiger partial charge in [0.25, 0.3) is 0 Å². The lowest BCUT2D eigenvalue weighted by Gasteiger charge is -2.06. The minimum atomic E-state index is 0.0143. The van der Waals surface area contributed by atoms with Gasteiger partial charge in [-0.2, -0.15) is 0 Å². The van der Waals surface area contributed by atoms with Crippen LogP contribution in [0, 0.1) is 17.3 Å². The Balaban J connectivity index is 2.90. The summed E-state index contributed by atoms with van der Waals surface area (Å²) in [5, 5.41) is 0. The largest absolute Gasteiger partial charge is 0.325 e. The van der Waals surface area contributed by atoms with Crippen molar-refractivity contribution in [3.8, 4) is 11.8 Å². The van der Waals surface area contributed by atoms with Gasteiger partial charge in [-0.15, -0.1) is 0 Å². The average molecular weight is 188 g/mol. The molecule has 1 aromatic rings. The van der Waals surface area contributed by atoms with Gasteiger partial charge in [-0.1, -0.05) is 12.0 Å². The second-order valence-corrected chi connectivity index (χ2v) is 4.22. The van der Waals surface area contributed by atoms with Crippen molar-refractivity contribution in [3.05, 3.63) is 29.6 Å². The van der Waals surface area contributed by atoms with E-state index in [-0.39, 0.29) is 5.41 Å². The van der Waals surface area contributed by atoms with Gasteiger partial charge >= 0.3 is 0 Å². The zero-order chi connectivity index (χ0) is 10.6. The average Bonchev–Trinajstić information content (AvgIpc) is 2.14. The highest BCUT2D eigenvalue weighted by molar-refractivity contribution is 5.30. The van der Waals surface area contributed by atoms with Crippen LogP contribution < -0.4 is 5.73 Å². The van der Waals surface area contributed by atoms with Crippen molar-refractivity contribution in [1.29, 1.82) is 0 Å². The molecule has 0 aromatic carbocycles. The van der Waals surface area contributed by atoms with E-state index in [9.17, 15) is 0 Å². The smallest absolute Gasteiger partial charge is 0.113 e. The van der Waals surface area contributed by atoms with Crippen molar-refractivity contribution < 1.29 is 0 Å². The molecule has 0 fully saturated rings. The van der Waals surface area contributed by atoms with Crippen molar-refractivity contribution in [2.45, 2.75) is 27.3 Å². The first-order valence-electron chi connectivity index (χ1n) is 4.70. The normalized spacial score (nSPS) is 10.6. The van der Waals surface area contributed by atoms with Crippen LogP contribution in [0.5, 0.6) is 0 Å². The summed E-state index contributed by atoms with van der Waals surface area (Å²) in [6.07, 6.45) is 0. The maximum Gasteiger partial charge on any atom is 0.113 e. The molecule has 0 unspecified atom stereocenters. The number of hydrogen-bond donors (Lipinski definition) is 1. The monoisotopic (exact) mass is 188 g/mol. The van der Waals surface area contributed by atoms with Gasteiger partial charge in [0, 0.05) is 12.0 Å². The predicted octanol–water partition coefficient (Wildman–Crippen LogP) is 1.94. The summed E-state index contributed by atoms with van der Waals surface area (Å²) >= 11 is 0. The summed E-state index contributed by atoms with van der Waals surface area (Å²) in [6.45, 7) is 6.69. The number of rotatable bonds is 1. The molecule has 0 spiro atoms. The number of hydrogen-bond acceptors (Lipinski definition) is 2. The lowest BCUT2D eigenvalue weighted by molar-refractivity contribution is 0.571. The molecular weight excluding hydrogens is 172 g/mol. The topological polar surface area (TPSA) is 38.9 Å². The molecule has 2 heteroatoms. The number of nitrogens with two attached hydrogens (primary N) is 1. The second-order valence-electron chi connectivity index (χ2n) is 4.22. The van der Waals surface area contributed by atoms with E-state index >= 15 is 0 Å². The van der Waals surface area contributed by atoms with E-state index in [1.54, 1.807) is 0 Å². The summed E-state index contributed by atoms with van der Waals surface area (Å²) in [6, 6.07) is 5.74. The molecule has 0 amide bonds. The van der Waals surface area contributed by atoms with Gasteiger partial charge in [-0.25, -0.2) is 4.98 Å².